The van der Waals surface area contributed by atoms with Crippen molar-refractivity contribution in [3.8, 4) is 0 Å². The van der Waals surface area contributed by atoms with E-state index in [1.807, 2.05) is 0 Å². The molecule has 0 saturated heterocycles. The summed E-state index contributed by atoms with van der Waals surface area (Å²) in [6.07, 6.45) is -1.60. The minimum Gasteiger partial charge on any atom is -0.365 e. The van der Waals surface area contributed by atoms with Crippen LogP contribution in [0.25, 0.3) is 5.65 Å². The van der Waals surface area contributed by atoms with Crippen molar-refractivity contribution in [1.82, 2.24) is 25.1 Å². The van der Waals surface area contributed by atoms with Crippen LogP contribution in [0, 0.1) is 0 Å². The van der Waals surface area contributed by atoms with Crippen LogP contribution < -0.4 is 10.6 Å². The van der Waals surface area contributed by atoms with Gasteiger partial charge in [0.05, 0.1) is 0 Å². The number of fused-ring (bicyclic) bond motifs is 1. The van der Waals surface area contributed by atoms with Gasteiger partial charge in [-0.25, -0.2) is 0 Å². The van der Waals surface area contributed by atoms with Gasteiger partial charge < -0.3 is 10.6 Å². The van der Waals surface area contributed by atoms with E-state index in [9.17, 15) is 13.2 Å². The number of nitrogens with zero attached hydrogens (tertiary/aromatic N) is 4. The number of rotatable bonds is 3. The second-order valence-electron chi connectivity index (χ2n) is 4.68. The summed E-state index contributed by atoms with van der Waals surface area (Å²) < 4.78 is 39.0. The van der Waals surface area contributed by atoms with Gasteiger partial charge in [0, 0.05) is 13.1 Å². The number of halogens is 3. The van der Waals surface area contributed by atoms with Crippen LogP contribution >= 0.6 is 0 Å². The first-order valence-corrected chi connectivity index (χ1v) is 6.46. The Balaban J connectivity index is 1.81. The average molecular weight is 298 g/mol. The SMILES string of the molecule is FC(F)(F)c1nnc2ccc(NCC3=CCNCC3)nn12. The Morgan fingerprint density at radius 3 is 2.86 bits per heavy atom. The molecule has 0 saturated carbocycles. The summed E-state index contributed by atoms with van der Waals surface area (Å²) in [6.45, 7) is 2.28. The standard InChI is InChI=1S/C12H13F3N6/c13-12(14,15)11-19-18-10-2-1-9(20-21(10)11)17-7-8-3-5-16-6-4-8/h1-3,16H,4-7H2,(H,17,20). The molecule has 1 aliphatic heterocycles. The van der Waals surface area contributed by atoms with Gasteiger partial charge in [0.2, 0.25) is 0 Å². The first-order chi connectivity index (χ1) is 10.0. The van der Waals surface area contributed by atoms with Gasteiger partial charge in [-0.3, -0.25) is 0 Å². The van der Waals surface area contributed by atoms with Gasteiger partial charge in [-0.15, -0.1) is 15.3 Å². The third-order valence-corrected chi connectivity index (χ3v) is 3.17. The van der Waals surface area contributed by atoms with Crippen molar-refractivity contribution in [2.24, 2.45) is 0 Å². The number of aromatic nitrogens is 4. The predicted octanol–water partition coefficient (Wildman–Crippen LogP) is 1.47. The van der Waals surface area contributed by atoms with Crippen molar-refractivity contribution >= 4 is 11.5 Å². The first-order valence-electron chi connectivity index (χ1n) is 6.46. The average Bonchev–Trinajstić information content (AvgIpc) is 2.89. The second-order valence-corrected chi connectivity index (χ2v) is 4.68. The number of anilines is 1. The van der Waals surface area contributed by atoms with E-state index in [-0.39, 0.29) is 5.65 Å². The molecule has 3 rings (SSSR count). The van der Waals surface area contributed by atoms with Gasteiger partial charge >= 0.3 is 6.18 Å². The van der Waals surface area contributed by atoms with E-state index in [2.05, 4.69) is 32.0 Å². The molecule has 0 unspecified atom stereocenters. The lowest BCUT2D eigenvalue weighted by Crippen LogP contribution is -2.23. The zero-order valence-corrected chi connectivity index (χ0v) is 11.0. The fraction of sp³-hybridized carbons (Fsp3) is 0.417. The molecule has 0 aliphatic carbocycles. The van der Waals surface area contributed by atoms with Gasteiger partial charge in [0.1, 0.15) is 5.82 Å². The van der Waals surface area contributed by atoms with E-state index in [0.717, 1.165) is 19.5 Å². The highest BCUT2D eigenvalue weighted by Crippen LogP contribution is 2.27. The summed E-state index contributed by atoms with van der Waals surface area (Å²) >= 11 is 0. The van der Waals surface area contributed by atoms with Crippen molar-refractivity contribution in [3.05, 3.63) is 29.6 Å². The molecule has 0 fully saturated rings. The van der Waals surface area contributed by atoms with Crippen LogP contribution in [0.1, 0.15) is 12.2 Å². The Labute approximate surface area is 118 Å². The van der Waals surface area contributed by atoms with E-state index < -0.39 is 12.0 Å². The third kappa shape index (κ3) is 2.97. The minimum absolute atomic E-state index is 0.0638. The topological polar surface area (TPSA) is 67.1 Å². The second kappa shape index (κ2) is 5.32. The number of alkyl halides is 3. The Morgan fingerprint density at radius 1 is 1.29 bits per heavy atom. The molecule has 0 atom stereocenters. The summed E-state index contributed by atoms with van der Waals surface area (Å²) in [7, 11) is 0. The molecule has 0 amide bonds. The smallest absolute Gasteiger partial charge is 0.365 e. The minimum atomic E-state index is -4.58. The van der Waals surface area contributed by atoms with Crippen LogP contribution in [0.2, 0.25) is 0 Å². The molecule has 2 N–H and O–H groups in total. The molecule has 0 aromatic carbocycles. The lowest BCUT2D eigenvalue weighted by Gasteiger charge is -2.14. The Bertz CT molecular complexity index is 675. The Kier molecular flexibility index (Phi) is 3.50. The van der Waals surface area contributed by atoms with Crippen LogP contribution in [0.15, 0.2) is 23.8 Å². The molecule has 2 aromatic rings. The van der Waals surface area contributed by atoms with Crippen molar-refractivity contribution in [1.29, 1.82) is 0 Å². The van der Waals surface area contributed by atoms with E-state index in [1.165, 1.54) is 11.6 Å². The van der Waals surface area contributed by atoms with Gasteiger partial charge in [-0.1, -0.05) is 11.6 Å². The Morgan fingerprint density at radius 2 is 2.14 bits per heavy atom. The van der Waals surface area contributed by atoms with Crippen LogP contribution in [-0.2, 0) is 6.18 Å². The molecule has 1 aliphatic rings. The van der Waals surface area contributed by atoms with Crippen molar-refractivity contribution in [2.45, 2.75) is 12.6 Å². The molecule has 112 valence electrons. The molecule has 9 heteroatoms. The molecular formula is C12H13F3N6. The zero-order valence-electron chi connectivity index (χ0n) is 11.0. The molecule has 0 radical (unpaired) electrons. The van der Waals surface area contributed by atoms with E-state index in [1.54, 1.807) is 6.07 Å². The van der Waals surface area contributed by atoms with Crippen LogP contribution in [0.4, 0.5) is 19.0 Å². The highest BCUT2D eigenvalue weighted by atomic mass is 19.4. The Hall–Kier alpha value is -2.16. The number of nitrogens with one attached hydrogen (secondary N) is 2. The maximum Gasteiger partial charge on any atom is 0.453 e. The largest absolute Gasteiger partial charge is 0.453 e. The molecule has 2 aromatic heterocycles. The molecule has 0 spiro atoms. The quantitative estimate of drug-likeness (QED) is 0.840. The highest BCUT2D eigenvalue weighted by Gasteiger charge is 2.37. The van der Waals surface area contributed by atoms with Gasteiger partial charge in [0.25, 0.3) is 5.82 Å². The lowest BCUT2D eigenvalue weighted by atomic mass is 10.1. The summed E-state index contributed by atoms with van der Waals surface area (Å²) in [5.41, 5.74) is 1.27. The molecular weight excluding hydrogens is 285 g/mol. The van der Waals surface area contributed by atoms with Crippen molar-refractivity contribution < 1.29 is 13.2 Å². The molecule has 21 heavy (non-hydrogen) atoms. The van der Waals surface area contributed by atoms with Crippen molar-refractivity contribution in [2.75, 3.05) is 25.0 Å². The number of hydrogen-bond acceptors (Lipinski definition) is 5. The monoisotopic (exact) mass is 298 g/mol. The van der Waals surface area contributed by atoms with Gasteiger partial charge in [-0.05, 0) is 25.1 Å². The normalized spacial score (nSPS) is 16.0. The summed E-state index contributed by atoms with van der Waals surface area (Å²) in [6, 6.07) is 3.04. The molecule has 0 bridgehead atoms. The third-order valence-electron chi connectivity index (χ3n) is 3.17. The predicted molar refractivity (Wildman–Crippen MR) is 69.8 cm³/mol. The summed E-state index contributed by atoms with van der Waals surface area (Å²) in [5, 5.41) is 16.7. The summed E-state index contributed by atoms with van der Waals surface area (Å²) in [4.78, 5) is 0. The van der Waals surface area contributed by atoms with Crippen LogP contribution in [-0.4, -0.2) is 39.4 Å². The highest BCUT2D eigenvalue weighted by molar-refractivity contribution is 5.44. The van der Waals surface area contributed by atoms with Crippen molar-refractivity contribution in [3.63, 3.8) is 0 Å². The lowest BCUT2D eigenvalue weighted by molar-refractivity contribution is -0.146. The van der Waals surface area contributed by atoms with E-state index >= 15 is 0 Å². The fourth-order valence-corrected chi connectivity index (χ4v) is 2.09. The zero-order chi connectivity index (χ0) is 14.9. The van der Waals surface area contributed by atoms with Gasteiger partial charge in [-0.2, -0.15) is 17.7 Å². The van der Waals surface area contributed by atoms with Crippen LogP contribution in [0.5, 0.6) is 0 Å². The maximum absolute atomic E-state index is 12.8. The molecule has 6 nitrogen and oxygen atoms in total. The van der Waals surface area contributed by atoms with E-state index in [4.69, 9.17) is 0 Å². The number of hydrogen-bond donors (Lipinski definition) is 2. The fourth-order valence-electron chi connectivity index (χ4n) is 2.09. The maximum atomic E-state index is 12.8. The van der Waals surface area contributed by atoms with Gasteiger partial charge in [0.15, 0.2) is 5.65 Å². The van der Waals surface area contributed by atoms with Crippen LogP contribution in [0.3, 0.4) is 0 Å². The first kappa shape index (κ1) is 13.8. The summed E-state index contributed by atoms with van der Waals surface area (Å²) in [5.74, 6) is -0.769. The molecule has 3 heterocycles. The van der Waals surface area contributed by atoms with E-state index in [0.29, 0.717) is 16.9 Å².